The Labute approximate surface area is 107 Å². The van der Waals surface area contributed by atoms with Crippen LogP contribution < -0.4 is 5.32 Å². The highest BCUT2D eigenvalue weighted by Crippen LogP contribution is 2.37. The fourth-order valence-electron chi connectivity index (χ4n) is 3.44. The van der Waals surface area contributed by atoms with Crippen LogP contribution in [0.25, 0.3) is 0 Å². The van der Waals surface area contributed by atoms with Gasteiger partial charge < -0.3 is 10.2 Å². The van der Waals surface area contributed by atoms with Crippen LogP contribution in [0.5, 0.6) is 0 Å². The van der Waals surface area contributed by atoms with Gasteiger partial charge in [-0.1, -0.05) is 13.8 Å². The highest BCUT2D eigenvalue weighted by molar-refractivity contribution is 4.88. The van der Waals surface area contributed by atoms with Crippen LogP contribution in [-0.4, -0.2) is 36.6 Å². The Hall–Kier alpha value is -0.0800. The van der Waals surface area contributed by atoms with Crippen molar-refractivity contribution in [1.82, 2.24) is 10.2 Å². The van der Waals surface area contributed by atoms with Crippen molar-refractivity contribution in [3.8, 4) is 0 Å². The predicted molar refractivity (Wildman–Crippen MR) is 74.2 cm³/mol. The van der Waals surface area contributed by atoms with Crippen molar-refractivity contribution < 1.29 is 0 Å². The molecule has 2 atom stereocenters. The molecule has 1 aliphatic carbocycles. The van der Waals surface area contributed by atoms with Gasteiger partial charge in [0.05, 0.1) is 0 Å². The summed E-state index contributed by atoms with van der Waals surface area (Å²) in [4.78, 5) is 2.62. The third kappa shape index (κ3) is 3.69. The summed E-state index contributed by atoms with van der Waals surface area (Å²) in [5.41, 5.74) is 0.581. The van der Waals surface area contributed by atoms with Crippen molar-refractivity contribution in [2.75, 3.05) is 19.6 Å². The lowest BCUT2D eigenvalue weighted by Crippen LogP contribution is -2.34. The zero-order valence-electron chi connectivity index (χ0n) is 12.1. The van der Waals surface area contributed by atoms with Crippen LogP contribution in [0, 0.1) is 11.3 Å². The van der Waals surface area contributed by atoms with Crippen LogP contribution in [0.2, 0.25) is 0 Å². The molecule has 2 nitrogen and oxygen atoms in total. The molecule has 2 unspecified atom stereocenters. The third-order valence-corrected chi connectivity index (χ3v) is 4.71. The monoisotopic (exact) mass is 238 g/mol. The summed E-state index contributed by atoms with van der Waals surface area (Å²) in [6.07, 6.45) is 5.54. The number of nitrogens with zero attached hydrogens (tertiary/aromatic N) is 1. The zero-order valence-corrected chi connectivity index (χ0v) is 12.1. The normalized spacial score (nSPS) is 33.7. The first-order valence-corrected chi connectivity index (χ1v) is 7.44. The van der Waals surface area contributed by atoms with Crippen molar-refractivity contribution in [2.45, 2.75) is 65.5 Å². The van der Waals surface area contributed by atoms with E-state index in [1.807, 2.05) is 0 Å². The van der Waals surface area contributed by atoms with E-state index < -0.39 is 0 Å². The van der Waals surface area contributed by atoms with Crippen molar-refractivity contribution in [3.63, 3.8) is 0 Å². The van der Waals surface area contributed by atoms with Gasteiger partial charge in [0.25, 0.3) is 0 Å². The number of nitrogens with one attached hydrogen (secondary N) is 1. The molecule has 1 saturated heterocycles. The molecule has 2 rings (SSSR count). The lowest BCUT2D eigenvalue weighted by Gasteiger charge is -2.22. The summed E-state index contributed by atoms with van der Waals surface area (Å²) in [6.45, 7) is 13.3. The highest BCUT2D eigenvalue weighted by Gasteiger charge is 2.31. The molecule has 1 saturated carbocycles. The molecule has 100 valence electrons. The Bertz CT molecular complexity index is 247. The van der Waals surface area contributed by atoms with Crippen molar-refractivity contribution in [3.05, 3.63) is 0 Å². The van der Waals surface area contributed by atoms with Crippen LogP contribution in [0.1, 0.15) is 53.4 Å². The maximum Gasteiger partial charge on any atom is 0.00724 e. The second kappa shape index (κ2) is 5.27. The van der Waals surface area contributed by atoms with Gasteiger partial charge in [0.15, 0.2) is 0 Å². The molecule has 1 heterocycles. The first-order chi connectivity index (χ1) is 7.96. The predicted octanol–water partition coefficient (Wildman–Crippen LogP) is 2.89. The molecular formula is C15H30N2. The van der Waals surface area contributed by atoms with Gasteiger partial charge in [0, 0.05) is 18.6 Å². The van der Waals surface area contributed by atoms with Crippen LogP contribution in [0.4, 0.5) is 0 Å². The van der Waals surface area contributed by atoms with E-state index >= 15 is 0 Å². The first-order valence-electron chi connectivity index (χ1n) is 7.44. The number of hydrogen-bond acceptors (Lipinski definition) is 2. The largest absolute Gasteiger partial charge is 0.314 e. The molecule has 2 aliphatic rings. The van der Waals surface area contributed by atoms with Crippen molar-refractivity contribution in [1.29, 1.82) is 0 Å². The lowest BCUT2D eigenvalue weighted by molar-refractivity contribution is 0.262. The molecule has 1 N–H and O–H groups in total. The third-order valence-electron chi connectivity index (χ3n) is 4.71. The Kier molecular flexibility index (Phi) is 4.14. The maximum atomic E-state index is 3.81. The molecule has 0 aromatic heterocycles. The Morgan fingerprint density at radius 1 is 1.29 bits per heavy atom. The van der Waals surface area contributed by atoms with Gasteiger partial charge in [-0.05, 0) is 64.0 Å². The molecule has 0 amide bonds. The minimum Gasteiger partial charge on any atom is -0.314 e. The smallest absolute Gasteiger partial charge is 0.00724 e. The fourth-order valence-corrected chi connectivity index (χ4v) is 3.44. The van der Waals surface area contributed by atoms with Gasteiger partial charge >= 0.3 is 0 Å². The summed E-state index contributed by atoms with van der Waals surface area (Å²) in [5, 5.41) is 3.81. The van der Waals surface area contributed by atoms with E-state index in [0.717, 1.165) is 18.0 Å². The molecule has 0 bridgehead atoms. The summed E-state index contributed by atoms with van der Waals surface area (Å²) in [7, 11) is 0. The quantitative estimate of drug-likeness (QED) is 0.810. The van der Waals surface area contributed by atoms with Crippen LogP contribution in [0.15, 0.2) is 0 Å². The standard InChI is InChI=1S/C15H30N2/c1-12(2)17-8-6-13(11-17)10-16-14-5-7-15(3,4)9-14/h12-14,16H,5-11H2,1-4H3. The number of likely N-dealkylation sites (tertiary alicyclic amines) is 1. The Morgan fingerprint density at radius 2 is 2.06 bits per heavy atom. The minimum atomic E-state index is 0.581. The van der Waals surface area contributed by atoms with Crippen LogP contribution in [0.3, 0.4) is 0 Å². The fraction of sp³-hybridized carbons (Fsp3) is 1.00. The summed E-state index contributed by atoms with van der Waals surface area (Å²) < 4.78 is 0. The van der Waals surface area contributed by atoms with E-state index in [2.05, 4.69) is 37.9 Å². The van der Waals surface area contributed by atoms with Gasteiger partial charge in [0.2, 0.25) is 0 Å². The second-order valence-corrected chi connectivity index (χ2v) is 7.26. The van der Waals surface area contributed by atoms with Crippen LogP contribution in [-0.2, 0) is 0 Å². The number of rotatable bonds is 4. The summed E-state index contributed by atoms with van der Waals surface area (Å²) >= 11 is 0. The SMILES string of the molecule is CC(C)N1CCC(CNC2CCC(C)(C)C2)C1. The van der Waals surface area contributed by atoms with Gasteiger partial charge in [-0.25, -0.2) is 0 Å². The van der Waals surface area contributed by atoms with Gasteiger partial charge in [0.1, 0.15) is 0 Å². The van der Waals surface area contributed by atoms with Gasteiger partial charge in [-0.3, -0.25) is 0 Å². The molecule has 1 aliphatic heterocycles. The van der Waals surface area contributed by atoms with Gasteiger partial charge in [-0.2, -0.15) is 0 Å². The van der Waals surface area contributed by atoms with E-state index in [4.69, 9.17) is 0 Å². The second-order valence-electron chi connectivity index (χ2n) is 7.26. The average Bonchev–Trinajstić information content (AvgIpc) is 2.81. The van der Waals surface area contributed by atoms with Crippen LogP contribution >= 0.6 is 0 Å². The Morgan fingerprint density at radius 3 is 2.59 bits per heavy atom. The van der Waals surface area contributed by atoms with E-state index in [-0.39, 0.29) is 0 Å². The van der Waals surface area contributed by atoms with E-state index in [0.29, 0.717) is 5.41 Å². The van der Waals surface area contributed by atoms with E-state index in [9.17, 15) is 0 Å². The molecule has 2 fully saturated rings. The lowest BCUT2D eigenvalue weighted by atomic mass is 9.92. The number of hydrogen-bond donors (Lipinski definition) is 1. The summed E-state index contributed by atoms with van der Waals surface area (Å²) in [6, 6.07) is 1.52. The topological polar surface area (TPSA) is 15.3 Å². The molecule has 0 aromatic rings. The van der Waals surface area contributed by atoms with E-state index in [1.54, 1.807) is 0 Å². The van der Waals surface area contributed by atoms with Crippen molar-refractivity contribution in [2.24, 2.45) is 11.3 Å². The average molecular weight is 238 g/mol. The molecule has 2 heteroatoms. The maximum absolute atomic E-state index is 3.81. The molecule has 0 aromatic carbocycles. The van der Waals surface area contributed by atoms with Crippen molar-refractivity contribution >= 4 is 0 Å². The molecular weight excluding hydrogens is 208 g/mol. The molecule has 0 spiro atoms. The molecule has 17 heavy (non-hydrogen) atoms. The molecule has 0 radical (unpaired) electrons. The summed E-state index contributed by atoms with van der Waals surface area (Å²) in [5.74, 6) is 0.890. The first kappa shape index (κ1) is 13.4. The highest BCUT2D eigenvalue weighted by atomic mass is 15.2. The van der Waals surface area contributed by atoms with E-state index in [1.165, 1.54) is 45.3 Å². The zero-order chi connectivity index (χ0) is 12.5. The van der Waals surface area contributed by atoms with Gasteiger partial charge in [-0.15, -0.1) is 0 Å². The Balaban J connectivity index is 1.67. The minimum absolute atomic E-state index is 0.581.